The number of piperidine rings is 1. The van der Waals surface area contributed by atoms with Crippen molar-refractivity contribution in [3.8, 4) is 0 Å². The standard InChI is InChI=1S/C21H33N3O2/c1-22(16-17-25)19-9-7-18(8-10-19)21(26)24-14-3-2-6-20(24)11-15-23-12-4-5-13-23/h7-10,20,25H,2-6,11-17H2,1H3/t20-/m1/s1. The van der Waals surface area contributed by atoms with Crippen molar-refractivity contribution < 1.29 is 9.90 Å². The van der Waals surface area contributed by atoms with E-state index in [2.05, 4.69) is 9.80 Å². The summed E-state index contributed by atoms with van der Waals surface area (Å²) in [6.07, 6.45) is 7.23. The summed E-state index contributed by atoms with van der Waals surface area (Å²) in [7, 11) is 1.95. The molecule has 1 aromatic carbocycles. The van der Waals surface area contributed by atoms with E-state index in [0.717, 1.165) is 43.6 Å². The number of likely N-dealkylation sites (N-methyl/N-ethyl adjacent to an activating group) is 1. The average molecular weight is 360 g/mol. The molecule has 0 saturated carbocycles. The molecule has 0 spiro atoms. The Hall–Kier alpha value is -1.59. The molecule has 5 heteroatoms. The molecule has 1 atom stereocenters. The van der Waals surface area contributed by atoms with Crippen molar-refractivity contribution in [1.29, 1.82) is 0 Å². The first-order chi connectivity index (χ1) is 12.7. The SMILES string of the molecule is CN(CCO)c1ccc(C(=O)N2CCCC[C@@H]2CCN2CCCC2)cc1. The lowest BCUT2D eigenvalue weighted by molar-refractivity contribution is 0.0588. The summed E-state index contributed by atoms with van der Waals surface area (Å²) in [6.45, 7) is 5.18. The van der Waals surface area contributed by atoms with E-state index >= 15 is 0 Å². The van der Waals surface area contributed by atoms with Crippen molar-refractivity contribution >= 4 is 11.6 Å². The number of amides is 1. The van der Waals surface area contributed by atoms with Crippen LogP contribution in [0.3, 0.4) is 0 Å². The van der Waals surface area contributed by atoms with E-state index < -0.39 is 0 Å². The summed E-state index contributed by atoms with van der Waals surface area (Å²) in [4.78, 5) is 19.7. The van der Waals surface area contributed by atoms with E-state index in [0.29, 0.717) is 12.6 Å². The smallest absolute Gasteiger partial charge is 0.254 e. The van der Waals surface area contributed by atoms with Crippen LogP contribution in [0.15, 0.2) is 24.3 Å². The van der Waals surface area contributed by atoms with Crippen molar-refractivity contribution in [3.63, 3.8) is 0 Å². The molecule has 0 unspecified atom stereocenters. The van der Waals surface area contributed by atoms with Crippen LogP contribution in [-0.2, 0) is 0 Å². The number of likely N-dealkylation sites (tertiary alicyclic amines) is 2. The van der Waals surface area contributed by atoms with Crippen molar-refractivity contribution in [2.24, 2.45) is 0 Å². The highest BCUT2D eigenvalue weighted by molar-refractivity contribution is 5.94. The lowest BCUT2D eigenvalue weighted by atomic mass is 9.98. The van der Waals surface area contributed by atoms with Crippen LogP contribution in [0.5, 0.6) is 0 Å². The minimum absolute atomic E-state index is 0.129. The molecule has 2 saturated heterocycles. The van der Waals surface area contributed by atoms with Crippen LogP contribution in [0.2, 0.25) is 0 Å². The van der Waals surface area contributed by atoms with Gasteiger partial charge in [0.1, 0.15) is 0 Å². The van der Waals surface area contributed by atoms with Gasteiger partial charge in [-0.15, -0.1) is 0 Å². The molecule has 2 aliphatic rings. The second kappa shape index (κ2) is 9.38. The average Bonchev–Trinajstić information content (AvgIpc) is 3.20. The van der Waals surface area contributed by atoms with Crippen molar-refractivity contribution in [1.82, 2.24) is 9.80 Å². The number of nitrogens with zero attached hydrogens (tertiary/aromatic N) is 3. The van der Waals surface area contributed by atoms with Crippen LogP contribution in [0.4, 0.5) is 5.69 Å². The third kappa shape index (κ3) is 4.77. The number of hydrogen-bond acceptors (Lipinski definition) is 4. The zero-order valence-electron chi connectivity index (χ0n) is 16.1. The Bertz CT molecular complexity index is 569. The van der Waals surface area contributed by atoms with Gasteiger partial charge in [-0.1, -0.05) is 0 Å². The summed E-state index contributed by atoms with van der Waals surface area (Å²) in [6, 6.07) is 8.20. The summed E-state index contributed by atoms with van der Waals surface area (Å²) in [5, 5.41) is 9.06. The Balaban J connectivity index is 1.61. The minimum atomic E-state index is 0.129. The van der Waals surface area contributed by atoms with Gasteiger partial charge < -0.3 is 19.8 Å². The first-order valence-electron chi connectivity index (χ1n) is 10.1. The molecule has 1 amide bonds. The fraction of sp³-hybridized carbons (Fsp3) is 0.667. The monoisotopic (exact) mass is 359 g/mol. The number of benzene rings is 1. The van der Waals surface area contributed by atoms with E-state index in [1.807, 2.05) is 36.2 Å². The van der Waals surface area contributed by atoms with Crippen LogP contribution in [0.1, 0.15) is 48.9 Å². The largest absolute Gasteiger partial charge is 0.395 e. The number of rotatable bonds is 7. The molecule has 1 N–H and O–H groups in total. The van der Waals surface area contributed by atoms with Crippen LogP contribution in [0, 0.1) is 0 Å². The summed E-state index contributed by atoms with van der Waals surface area (Å²) in [5.41, 5.74) is 1.80. The molecule has 2 heterocycles. The van der Waals surface area contributed by atoms with Gasteiger partial charge in [-0.3, -0.25) is 4.79 Å². The Morgan fingerprint density at radius 1 is 1.12 bits per heavy atom. The van der Waals surface area contributed by atoms with Crippen LogP contribution < -0.4 is 4.90 Å². The second-order valence-electron chi connectivity index (χ2n) is 7.68. The van der Waals surface area contributed by atoms with Gasteiger partial charge in [0.15, 0.2) is 0 Å². The highest BCUT2D eigenvalue weighted by Gasteiger charge is 2.28. The zero-order valence-corrected chi connectivity index (χ0v) is 16.1. The lowest BCUT2D eigenvalue weighted by Crippen LogP contribution is -2.45. The number of aliphatic hydroxyl groups excluding tert-OH is 1. The highest BCUT2D eigenvalue weighted by Crippen LogP contribution is 2.24. The van der Waals surface area contributed by atoms with Crippen LogP contribution in [0.25, 0.3) is 0 Å². The van der Waals surface area contributed by atoms with Gasteiger partial charge in [-0.2, -0.15) is 0 Å². The molecule has 3 rings (SSSR count). The Kier molecular flexibility index (Phi) is 6.92. The van der Waals surface area contributed by atoms with Gasteiger partial charge in [0, 0.05) is 44.0 Å². The minimum Gasteiger partial charge on any atom is -0.395 e. The van der Waals surface area contributed by atoms with Crippen molar-refractivity contribution in [2.45, 2.75) is 44.6 Å². The molecule has 26 heavy (non-hydrogen) atoms. The Labute approximate surface area is 157 Å². The topological polar surface area (TPSA) is 47.0 Å². The molecule has 0 radical (unpaired) electrons. The number of carbonyl (C=O) groups excluding carboxylic acids is 1. The number of anilines is 1. The van der Waals surface area contributed by atoms with Crippen LogP contribution in [-0.4, -0.2) is 73.2 Å². The molecule has 2 fully saturated rings. The summed E-state index contributed by atoms with van der Waals surface area (Å²) in [5.74, 6) is 0.174. The maximum absolute atomic E-state index is 13.1. The molecule has 0 aromatic heterocycles. The lowest BCUT2D eigenvalue weighted by Gasteiger charge is -2.37. The molecule has 0 aliphatic carbocycles. The second-order valence-corrected chi connectivity index (χ2v) is 7.68. The maximum atomic E-state index is 13.1. The normalized spacial score (nSPS) is 21.2. The Morgan fingerprint density at radius 2 is 1.81 bits per heavy atom. The predicted octanol–water partition coefficient (Wildman–Crippen LogP) is 2.60. The van der Waals surface area contributed by atoms with Crippen molar-refractivity contribution in [2.75, 3.05) is 51.3 Å². The number of hydrogen-bond donors (Lipinski definition) is 1. The molecular weight excluding hydrogens is 326 g/mol. The Morgan fingerprint density at radius 3 is 2.50 bits per heavy atom. The molecule has 1 aromatic rings. The quantitative estimate of drug-likeness (QED) is 0.813. The number of carbonyl (C=O) groups is 1. The van der Waals surface area contributed by atoms with Gasteiger partial charge in [0.25, 0.3) is 5.91 Å². The molecule has 5 nitrogen and oxygen atoms in total. The van der Waals surface area contributed by atoms with Gasteiger partial charge >= 0.3 is 0 Å². The fourth-order valence-corrected chi connectivity index (χ4v) is 4.21. The first-order valence-corrected chi connectivity index (χ1v) is 10.1. The molecule has 0 bridgehead atoms. The molecule has 144 valence electrons. The molecular formula is C21H33N3O2. The van der Waals surface area contributed by atoms with Gasteiger partial charge in [0.2, 0.25) is 0 Å². The maximum Gasteiger partial charge on any atom is 0.254 e. The summed E-state index contributed by atoms with van der Waals surface area (Å²) < 4.78 is 0. The van der Waals surface area contributed by atoms with E-state index in [-0.39, 0.29) is 12.5 Å². The molecule has 2 aliphatic heterocycles. The predicted molar refractivity (Wildman–Crippen MR) is 106 cm³/mol. The van der Waals surface area contributed by atoms with E-state index in [9.17, 15) is 4.79 Å². The zero-order chi connectivity index (χ0) is 18.4. The van der Waals surface area contributed by atoms with Gasteiger partial charge in [0.05, 0.1) is 6.61 Å². The number of aliphatic hydroxyl groups is 1. The summed E-state index contributed by atoms with van der Waals surface area (Å²) >= 11 is 0. The van der Waals surface area contributed by atoms with E-state index in [1.165, 1.54) is 32.4 Å². The van der Waals surface area contributed by atoms with Crippen LogP contribution >= 0.6 is 0 Å². The van der Waals surface area contributed by atoms with Crippen molar-refractivity contribution in [3.05, 3.63) is 29.8 Å². The van der Waals surface area contributed by atoms with Gasteiger partial charge in [-0.05, 0) is 75.9 Å². The van der Waals surface area contributed by atoms with Gasteiger partial charge in [-0.25, -0.2) is 0 Å². The van der Waals surface area contributed by atoms with E-state index in [1.54, 1.807) is 0 Å². The third-order valence-corrected chi connectivity index (χ3v) is 5.86. The fourth-order valence-electron chi connectivity index (χ4n) is 4.21. The van der Waals surface area contributed by atoms with E-state index in [4.69, 9.17) is 5.11 Å². The third-order valence-electron chi connectivity index (χ3n) is 5.86. The first kappa shape index (κ1) is 19.2. The highest BCUT2D eigenvalue weighted by atomic mass is 16.3.